The van der Waals surface area contributed by atoms with Gasteiger partial charge >= 0.3 is 5.97 Å². The zero-order valence-electron chi connectivity index (χ0n) is 20.7. The molecule has 0 bridgehead atoms. The number of aliphatic carboxylic acids is 1. The molecule has 0 aliphatic rings. The van der Waals surface area contributed by atoms with Crippen LogP contribution in [0.15, 0.2) is 71.1 Å². The van der Waals surface area contributed by atoms with E-state index in [-0.39, 0.29) is 24.9 Å². The molecule has 38 heavy (non-hydrogen) atoms. The lowest BCUT2D eigenvalue weighted by atomic mass is 10.0. The van der Waals surface area contributed by atoms with Crippen molar-refractivity contribution in [3.8, 4) is 17.2 Å². The molecule has 0 fully saturated rings. The first-order valence-electron chi connectivity index (χ1n) is 12.0. The fraction of sp³-hybridized carbons (Fsp3) is 0.207. The first kappa shape index (κ1) is 26.5. The van der Waals surface area contributed by atoms with Crippen LogP contribution in [0.1, 0.15) is 39.4 Å². The van der Waals surface area contributed by atoms with Gasteiger partial charge in [0.05, 0.1) is 12.3 Å². The van der Waals surface area contributed by atoms with Crippen LogP contribution in [-0.2, 0) is 24.2 Å². The van der Waals surface area contributed by atoms with E-state index in [2.05, 4.69) is 10.3 Å². The summed E-state index contributed by atoms with van der Waals surface area (Å²) in [6, 6.07) is 17.3. The van der Waals surface area contributed by atoms with E-state index in [4.69, 9.17) is 14.3 Å². The summed E-state index contributed by atoms with van der Waals surface area (Å²) in [5, 5.41) is 11.7. The lowest BCUT2D eigenvalue weighted by molar-refractivity contribution is -0.136. The van der Waals surface area contributed by atoms with Crippen LogP contribution < -0.4 is 10.1 Å². The third kappa shape index (κ3) is 7.03. The van der Waals surface area contributed by atoms with Crippen molar-refractivity contribution in [3.63, 3.8) is 0 Å². The zero-order valence-corrected chi connectivity index (χ0v) is 20.7. The third-order valence-electron chi connectivity index (χ3n) is 5.87. The van der Waals surface area contributed by atoms with Gasteiger partial charge in [0.2, 0.25) is 5.89 Å². The highest BCUT2D eigenvalue weighted by Gasteiger charge is 2.14. The minimum Gasteiger partial charge on any atom is -0.493 e. The summed E-state index contributed by atoms with van der Waals surface area (Å²) in [4.78, 5) is 28.1. The van der Waals surface area contributed by atoms with Gasteiger partial charge in [0, 0.05) is 36.6 Å². The van der Waals surface area contributed by atoms with E-state index in [1.807, 2.05) is 37.3 Å². The summed E-state index contributed by atoms with van der Waals surface area (Å²) in [7, 11) is 0. The molecule has 196 valence electrons. The van der Waals surface area contributed by atoms with Crippen molar-refractivity contribution in [1.29, 1.82) is 0 Å². The number of carbonyl (C=O) groups excluding carboxylic acids is 1. The van der Waals surface area contributed by atoms with Crippen LogP contribution in [0.2, 0.25) is 0 Å². The molecular weight excluding hydrogens is 494 g/mol. The summed E-state index contributed by atoms with van der Waals surface area (Å²) in [6.07, 6.45) is 0.654. The number of benzene rings is 3. The maximum atomic E-state index is 13.5. The Hall–Kier alpha value is -4.53. The number of rotatable bonds is 11. The highest BCUT2D eigenvalue weighted by Crippen LogP contribution is 2.23. The lowest BCUT2D eigenvalue weighted by Crippen LogP contribution is -2.24. The number of amides is 1. The maximum Gasteiger partial charge on any atom is 0.303 e. The largest absolute Gasteiger partial charge is 0.493 e. The number of hydrogen-bond acceptors (Lipinski definition) is 5. The number of hydrogen-bond donors (Lipinski definition) is 2. The molecule has 0 unspecified atom stereocenters. The Bertz CT molecular complexity index is 1420. The van der Waals surface area contributed by atoms with Gasteiger partial charge in [0.25, 0.3) is 5.91 Å². The average molecular weight is 521 g/mol. The molecule has 0 spiro atoms. The SMILES string of the molecule is Cc1oc(-c2ccccc2)nc1CCOc1ccc(CCC(=O)O)c(CNC(=O)c2cc(F)cc(F)c2)c1. The number of oxazole rings is 1. The third-order valence-corrected chi connectivity index (χ3v) is 5.87. The van der Waals surface area contributed by atoms with Crippen LogP contribution in [-0.4, -0.2) is 28.6 Å². The smallest absolute Gasteiger partial charge is 0.303 e. The molecule has 0 atom stereocenters. The van der Waals surface area contributed by atoms with Gasteiger partial charge in [0.1, 0.15) is 23.1 Å². The molecule has 3 aromatic carbocycles. The van der Waals surface area contributed by atoms with Gasteiger partial charge < -0.3 is 19.6 Å². The Labute approximate surface area is 218 Å². The van der Waals surface area contributed by atoms with E-state index in [1.54, 1.807) is 18.2 Å². The molecule has 1 heterocycles. The molecule has 0 aliphatic heterocycles. The Morgan fingerprint density at radius 2 is 1.71 bits per heavy atom. The Morgan fingerprint density at radius 1 is 0.974 bits per heavy atom. The fourth-order valence-corrected chi connectivity index (χ4v) is 3.93. The van der Waals surface area contributed by atoms with Crippen LogP contribution in [0.3, 0.4) is 0 Å². The van der Waals surface area contributed by atoms with E-state index in [0.717, 1.165) is 23.4 Å². The topological polar surface area (TPSA) is 102 Å². The summed E-state index contributed by atoms with van der Waals surface area (Å²) in [5.74, 6) is -1.56. The van der Waals surface area contributed by atoms with E-state index >= 15 is 0 Å². The molecule has 0 aliphatic carbocycles. The predicted octanol–water partition coefficient (Wildman–Crippen LogP) is 5.50. The number of nitrogens with zero attached hydrogens (tertiary/aromatic N) is 1. The van der Waals surface area contributed by atoms with Crippen LogP contribution in [0.25, 0.3) is 11.5 Å². The van der Waals surface area contributed by atoms with Crippen molar-refractivity contribution in [2.24, 2.45) is 0 Å². The quantitative estimate of drug-likeness (QED) is 0.271. The molecule has 4 rings (SSSR count). The second kappa shape index (κ2) is 12.1. The zero-order chi connectivity index (χ0) is 27.1. The predicted molar refractivity (Wildman–Crippen MR) is 136 cm³/mol. The van der Waals surface area contributed by atoms with Crippen molar-refractivity contribution >= 4 is 11.9 Å². The summed E-state index contributed by atoms with van der Waals surface area (Å²) in [6.45, 7) is 2.17. The molecule has 0 radical (unpaired) electrons. The van der Waals surface area contributed by atoms with Gasteiger partial charge in [-0.2, -0.15) is 0 Å². The van der Waals surface area contributed by atoms with Crippen LogP contribution in [0.5, 0.6) is 5.75 Å². The van der Waals surface area contributed by atoms with Crippen molar-refractivity contribution in [2.75, 3.05) is 6.61 Å². The molecule has 2 N–H and O–H groups in total. The summed E-state index contributed by atoms with van der Waals surface area (Å²) in [5.41, 5.74) is 2.85. The highest BCUT2D eigenvalue weighted by atomic mass is 19.1. The van der Waals surface area contributed by atoms with Gasteiger partial charge in [-0.05, 0) is 60.9 Å². The second-order valence-corrected chi connectivity index (χ2v) is 8.65. The van der Waals surface area contributed by atoms with Crippen molar-refractivity contribution in [1.82, 2.24) is 10.3 Å². The molecule has 0 saturated heterocycles. The minimum absolute atomic E-state index is 0.0198. The Morgan fingerprint density at radius 3 is 2.42 bits per heavy atom. The Balaban J connectivity index is 1.43. The summed E-state index contributed by atoms with van der Waals surface area (Å²) < 4.78 is 38.7. The van der Waals surface area contributed by atoms with Crippen LogP contribution >= 0.6 is 0 Å². The number of carbonyl (C=O) groups is 2. The molecule has 9 heteroatoms. The van der Waals surface area contributed by atoms with Crippen molar-refractivity contribution < 1.29 is 32.6 Å². The number of halogens is 2. The highest BCUT2D eigenvalue weighted by molar-refractivity contribution is 5.94. The van der Waals surface area contributed by atoms with Crippen LogP contribution in [0, 0.1) is 18.6 Å². The standard InChI is InChI=1S/C29H26F2N2O5/c1-18-26(33-29(38-18)20-5-3-2-4-6-20)11-12-37-25-9-7-19(8-10-27(34)35)22(15-25)17-32-28(36)21-13-23(30)16-24(31)14-21/h2-7,9,13-16H,8,10-12,17H2,1H3,(H,32,36)(H,34,35). The van der Waals surface area contributed by atoms with E-state index in [9.17, 15) is 18.4 Å². The number of nitrogens with one attached hydrogen (secondary N) is 1. The number of aryl methyl sites for hydroxylation is 2. The fourth-order valence-electron chi connectivity index (χ4n) is 3.93. The maximum absolute atomic E-state index is 13.5. The molecule has 0 saturated carbocycles. The monoisotopic (exact) mass is 520 g/mol. The van der Waals surface area contributed by atoms with Crippen LogP contribution in [0.4, 0.5) is 8.78 Å². The van der Waals surface area contributed by atoms with Gasteiger partial charge in [-0.25, -0.2) is 13.8 Å². The normalized spacial score (nSPS) is 10.8. The number of carboxylic acid groups (broad SMARTS) is 1. The number of carboxylic acids is 1. The first-order chi connectivity index (χ1) is 18.3. The number of aromatic nitrogens is 1. The lowest BCUT2D eigenvalue weighted by Gasteiger charge is -2.13. The molecular formula is C29H26F2N2O5. The van der Waals surface area contributed by atoms with E-state index in [1.165, 1.54) is 0 Å². The molecule has 1 amide bonds. The second-order valence-electron chi connectivity index (χ2n) is 8.65. The van der Waals surface area contributed by atoms with Crippen molar-refractivity contribution in [2.45, 2.75) is 32.7 Å². The summed E-state index contributed by atoms with van der Waals surface area (Å²) >= 11 is 0. The Kier molecular flexibility index (Phi) is 8.47. The van der Waals surface area contributed by atoms with Gasteiger partial charge in [-0.1, -0.05) is 24.3 Å². The minimum atomic E-state index is -0.951. The van der Waals surface area contributed by atoms with Gasteiger partial charge in [-0.15, -0.1) is 0 Å². The van der Waals surface area contributed by atoms with Crippen molar-refractivity contribution in [3.05, 3.63) is 107 Å². The number of ether oxygens (including phenoxy) is 1. The molecule has 7 nitrogen and oxygen atoms in total. The molecule has 1 aromatic heterocycles. The first-order valence-corrected chi connectivity index (χ1v) is 12.0. The molecule has 4 aromatic rings. The average Bonchev–Trinajstić information content (AvgIpc) is 3.26. The van der Waals surface area contributed by atoms with Gasteiger partial charge in [0.15, 0.2) is 0 Å². The van der Waals surface area contributed by atoms with E-state index in [0.29, 0.717) is 47.6 Å². The van der Waals surface area contributed by atoms with E-state index < -0.39 is 23.5 Å². The van der Waals surface area contributed by atoms with Gasteiger partial charge in [-0.3, -0.25) is 9.59 Å².